The van der Waals surface area contributed by atoms with E-state index >= 15 is 0 Å². The van der Waals surface area contributed by atoms with Gasteiger partial charge in [-0.05, 0) is 43.2 Å². The van der Waals surface area contributed by atoms with E-state index in [-0.39, 0.29) is 55.7 Å². The smallest absolute Gasteiger partial charge is 0.261 e. The van der Waals surface area contributed by atoms with Crippen LogP contribution in [0.4, 0.5) is 11.5 Å². The predicted octanol–water partition coefficient (Wildman–Crippen LogP) is 5.17. The van der Waals surface area contributed by atoms with Gasteiger partial charge in [0.05, 0.1) is 15.8 Å². The second kappa shape index (κ2) is 11.3. The van der Waals surface area contributed by atoms with Crippen LogP contribution < -0.4 is 10.5 Å². The Morgan fingerprint density at radius 2 is 1.73 bits per heavy atom. The van der Waals surface area contributed by atoms with Gasteiger partial charge in [-0.2, -0.15) is 0 Å². The Morgan fingerprint density at radius 3 is 2.39 bits per heavy atom. The molecule has 0 spiro atoms. The Hall–Kier alpha value is -3.67. The molecule has 1 amide bonds. The third kappa shape index (κ3) is 5.88. The first kappa shape index (κ1) is 28.8. The first-order chi connectivity index (χ1) is 19.4. The van der Waals surface area contributed by atoms with Crippen molar-refractivity contribution in [2.24, 2.45) is 5.92 Å². The Kier molecular flexibility index (Phi) is 7.95. The summed E-state index contributed by atoms with van der Waals surface area (Å²) in [5.41, 5.74) is 7.49. The van der Waals surface area contributed by atoms with Crippen LogP contribution in [0.5, 0.6) is 0 Å². The standard InChI is InChI=1S/C28H28Cl2N6O4S/c1-16(2)28(38)35-8-6-21(7-9-35)36-14-23(24-26(31)32-15-33-27(24)36)25(37)17-4-3-5-20(10-17)34-41(39,40)22-12-18(29)11-19(30)13-22/h3-5,10-16,21,34H,6-9H2,1-2H3,(H2,31,32,33). The third-order valence-electron chi connectivity index (χ3n) is 7.07. The van der Waals surface area contributed by atoms with Gasteiger partial charge < -0.3 is 15.2 Å². The first-order valence-electron chi connectivity index (χ1n) is 13.0. The molecule has 0 unspecified atom stereocenters. The molecule has 3 N–H and O–H groups in total. The maximum Gasteiger partial charge on any atom is 0.261 e. The maximum atomic E-state index is 13.8. The summed E-state index contributed by atoms with van der Waals surface area (Å²) in [6, 6.07) is 10.2. The summed E-state index contributed by atoms with van der Waals surface area (Å²) in [4.78, 5) is 36.6. The van der Waals surface area contributed by atoms with Crippen molar-refractivity contribution in [1.82, 2.24) is 19.4 Å². The number of fused-ring (bicyclic) bond motifs is 1. The highest BCUT2D eigenvalue weighted by molar-refractivity contribution is 7.92. The van der Waals surface area contributed by atoms with Gasteiger partial charge in [-0.25, -0.2) is 18.4 Å². The molecule has 13 heteroatoms. The Balaban J connectivity index is 1.45. The number of rotatable bonds is 7. The zero-order valence-electron chi connectivity index (χ0n) is 22.3. The fraction of sp³-hybridized carbons (Fsp3) is 0.286. The number of hydrogen-bond donors (Lipinski definition) is 2. The van der Waals surface area contributed by atoms with E-state index in [2.05, 4.69) is 14.7 Å². The van der Waals surface area contributed by atoms with Gasteiger partial charge in [0.1, 0.15) is 17.8 Å². The van der Waals surface area contributed by atoms with Crippen molar-refractivity contribution in [3.05, 3.63) is 76.2 Å². The summed E-state index contributed by atoms with van der Waals surface area (Å²) >= 11 is 12.0. The predicted molar refractivity (Wildman–Crippen MR) is 159 cm³/mol. The number of aromatic nitrogens is 3. The Labute approximate surface area is 247 Å². The van der Waals surface area contributed by atoms with Crippen molar-refractivity contribution in [1.29, 1.82) is 0 Å². The molecule has 2 aromatic carbocycles. The molecule has 4 aromatic rings. The third-order valence-corrected chi connectivity index (χ3v) is 8.87. The number of carbonyl (C=O) groups is 2. The van der Waals surface area contributed by atoms with Crippen LogP contribution >= 0.6 is 23.2 Å². The second-order valence-electron chi connectivity index (χ2n) is 10.2. The zero-order valence-corrected chi connectivity index (χ0v) is 24.7. The minimum Gasteiger partial charge on any atom is -0.383 e. The van der Waals surface area contributed by atoms with E-state index in [0.717, 1.165) is 0 Å². The summed E-state index contributed by atoms with van der Waals surface area (Å²) in [7, 11) is -4.04. The van der Waals surface area contributed by atoms with Crippen molar-refractivity contribution in [3.8, 4) is 0 Å². The van der Waals surface area contributed by atoms with Crippen LogP contribution in [0.15, 0.2) is 59.9 Å². The van der Waals surface area contributed by atoms with E-state index in [1.54, 1.807) is 18.3 Å². The molecule has 41 heavy (non-hydrogen) atoms. The van der Waals surface area contributed by atoms with Crippen LogP contribution in [-0.4, -0.2) is 52.6 Å². The Bertz CT molecular complexity index is 1740. The molecule has 0 saturated carbocycles. The van der Waals surface area contributed by atoms with E-state index in [4.69, 9.17) is 28.9 Å². The van der Waals surface area contributed by atoms with E-state index in [9.17, 15) is 18.0 Å². The lowest BCUT2D eigenvalue weighted by molar-refractivity contribution is -0.135. The van der Waals surface area contributed by atoms with Gasteiger partial charge in [0.2, 0.25) is 5.91 Å². The van der Waals surface area contributed by atoms with Gasteiger partial charge >= 0.3 is 0 Å². The van der Waals surface area contributed by atoms with Gasteiger partial charge in [-0.15, -0.1) is 0 Å². The van der Waals surface area contributed by atoms with Crippen LogP contribution in [0.2, 0.25) is 10.0 Å². The topological polar surface area (TPSA) is 140 Å². The number of halogens is 2. The van der Waals surface area contributed by atoms with Crippen LogP contribution in [0, 0.1) is 5.92 Å². The summed E-state index contributed by atoms with van der Waals surface area (Å²) in [6.45, 7) is 4.98. The highest BCUT2D eigenvalue weighted by Gasteiger charge is 2.29. The summed E-state index contributed by atoms with van der Waals surface area (Å²) in [5, 5.41) is 0.781. The fourth-order valence-corrected chi connectivity index (χ4v) is 6.84. The molecule has 0 bridgehead atoms. The maximum absolute atomic E-state index is 13.8. The molecule has 0 aliphatic carbocycles. The number of amides is 1. The largest absolute Gasteiger partial charge is 0.383 e. The number of anilines is 2. The average Bonchev–Trinajstić information content (AvgIpc) is 3.32. The van der Waals surface area contributed by atoms with Crippen molar-refractivity contribution in [3.63, 3.8) is 0 Å². The van der Waals surface area contributed by atoms with Crippen molar-refractivity contribution >= 4 is 67.5 Å². The monoisotopic (exact) mass is 614 g/mol. The van der Waals surface area contributed by atoms with E-state index in [0.29, 0.717) is 42.5 Å². The molecule has 5 rings (SSSR count). The summed E-state index contributed by atoms with van der Waals surface area (Å²) in [5.74, 6) is -0.148. The van der Waals surface area contributed by atoms with Gasteiger partial charge in [-0.3, -0.25) is 14.3 Å². The van der Waals surface area contributed by atoms with E-state index in [1.807, 2.05) is 23.3 Å². The molecule has 1 aliphatic heterocycles. The zero-order chi connectivity index (χ0) is 29.5. The molecular weight excluding hydrogens is 587 g/mol. The molecule has 1 fully saturated rings. The number of nitrogens with one attached hydrogen (secondary N) is 1. The Morgan fingerprint density at radius 1 is 1.05 bits per heavy atom. The number of piperidine rings is 1. The van der Waals surface area contributed by atoms with Crippen LogP contribution in [0.1, 0.15) is 48.7 Å². The van der Waals surface area contributed by atoms with Gasteiger partial charge in [0.15, 0.2) is 5.78 Å². The number of nitrogen functional groups attached to an aromatic ring is 1. The first-order valence-corrected chi connectivity index (χ1v) is 15.2. The number of hydrogen-bond acceptors (Lipinski definition) is 7. The molecule has 214 valence electrons. The highest BCUT2D eigenvalue weighted by Crippen LogP contribution is 2.33. The molecule has 1 aliphatic rings. The number of carbonyl (C=O) groups excluding carboxylic acids is 2. The molecule has 3 heterocycles. The molecule has 0 atom stereocenters. The number of benzene rings is 2. The molecule has 10 nitrogen and oxygen atoms in total. The highest BCUT2D eigenvalue weighted by atomic mass is 35.5. The summed E-state index contributed by atoms with van der Waals surface area (Å²) < 4.78 is 30.4. The fourth-order valence-electron chi connectivity index (χ4n) is 5.07. The van der Waals surface area contributed by atoms with Crippen molar-refractivity contribution < 1.29 is 18.0 Å². The number of ketones is 1. The van der Waals surface area contributed by atoms with E-state index < -0.39 is 10.0 Å². The summed E-state index contributed by atoms with van der Waals surface area (Å²) in [6.07, 6.45) is 4.49. The number of nitrogens with zero attached hydrogens (tertiary/aromatic N) is 4. The number of sulfonamides is 1. The average molecular weight is 616 g/mol. The minimum atomic E-state index is -4.04. The SMILES string of the molecule is CC(C)C(=O)N1CCC(n2cc(C(=O)c3cccc(NS(=O)(=O)c4cc(Cl)cc(Cl)c4)c3)c3c(N)ncnc32)CC1. The van der Waals surface area contributed by atoms with Gasteiger partial charge in [0.25, 0.3) is 10.0 Å². The number of nitrogens with two attached hydrogens (primary N) is 1. The van der Waals surface area contributed by atoms with E-state index in [1.165, 1.54) is 36.7 Å². The van der Waals surface area contributed by atoms with Crippen LogP contribution in [0.3, 0.4) is 0 Å². The quantitative estimate of drug-likeness (QED) is 0.273. The molecular formula is C28H28Cl2N6O4S. The lowest BCUT2D eigenvalue weighted by Crippen LogP contribution is -2.41. The minimum absolute atomic E-state index is 0.00669. The number of likely N-dealkylation sites (tertiary alicyclic amines) is 1. The van der Waals surface area contributed by atoms with Crippen LogP contribution in [-0.2, 0) is 14.8 Å². The molecule has 2 aromatic heterocycles. The van der Waals surface area contributed by atoms with Gasteiger partial charge in [-0.1, -0.05) is 49.2 Å². The lowest BCUT2D eigenvalue weighted by atomic mass is 10.0. The molecule has 0 radical (unpaired) electrons. The van der Waals surface area contributed by atoms with Crippen LogP contribution in [0.25, 0.3) is 11.0 Å². The molecule has 1 saturated heterocycles. The van der Waals surface area contributed by atoms with Gasteiger partial charge in [0, 0.05) is 52.5 Å². The lowest BCUT2D eigenvalue weighted by Gasteiger charge is -2.34. The normalized spacial score (nSPS) is 14.5. The second-order valence-corrected chi connectivity index (χ2v) is 12.8. The van der Waals surface area contributed by atoms with Crippen molar-refractivity contribution in [2.45, 2.75) is 37.6 Å². The van der Waals surface area contributed by atoms with Crippen molar-refractivity contribution in [2.75, 3.05) is 23.5 Å².